The van der Waals surface area contributed by atoms with Crippen LogP contribution in [0.4, 0.5) is 0 Å². The van der Waals surface area contributed by atoms with E-state index in [0.29, 0.717) is 17.5 Å². The van der Waals surface area contributed by atoms with Crippen molar-refractivity contribution >= 4 is 0 Å². The lowest BCUT2D eigenvalue weighted by atomic mass is 9.82. The van der Waals surface area contributed by atoms with Crippen molar-refractivity contribution in [1.29, 1.82) is 0 Å². The van der Waals surface area contributed by atoms with Gasteiger partial charge in [-0.05, 0) is 17.8 Å². The second-order valence-electron chi connectivity index (χ2n) is 7.39. The zero-order valence-corrected chi connectivity index (χ0v) is 14.5. The summed E-state index contributed by atoms with van der Waals surface area (Å²) in [5, 5.41) is 3.78. The molecule has 1 fully saturated rings. The summed E-state index contributed by atoms with van der Waals surface area (Å²) in [6, 6.07) is 1.23. The Morgan fingerprint density at radius 2 is 1.95 bits per heavy atom. The first-order valence-electron chi connectivity index (χ1n) is 8.45. The topological polar surface area (TPSA) is 24.5 Å². The molecule has 0 radical (unpaired) electrons. The van der Waals surface area contributed by atoms with Gasteiger partial charge in [0, 0.05) is 38.3 Å². The molecule has 0 bridgehead atoms. The van der Waals surface area contributed by atoms with Crippen LogP contribution in [0.5, 0.6) is 0 Å². The molecule has 1 aliphatic heterocycles. The number of rotatable bonds is 7. The molecule has 1 aliphatic rings. The van der Waals surface area contributed by atoms with E-state index in [4.69, 9.17) is 4.74 Å². The summed E-state index contributed by atoms with van der Waals surface area (Å²) >= 11 is 0. The highest BCUT2D eigenvalue weighted by Gasteiger charge is 2.36. The van der Waals surface area contributed by atoms with Crippen molar-refractivity contribution in [3.63, 3.8) is 0 Å². The minimum atomic E-state index is 0.318. The van der Waals surface area contributed by atoms with Crippen LogP contribution in [0.1, 0.15) is 54.4 Å². The van der Waals surface area contributed by atoms with Crippen LogP contribution in [0.2, 0.25) is 0 Å². The van der Waals surface area contributed by atoms with Crippen molar-refractivity contribution in [2.75, 3.05) is 32.8 Å². The average molecular weight is 284 g/mol. The maximum absolute atomic E-state index is 5.71. The fourth-order valence-corrected chi connectivity index (χ4v) is 3.03. The minimum absolute atomic E-state index is 0.318. The fourth-order valence-electron chi connectivity index (χ4n) is 3.03. The van der Waals surface area contributed by atoms with E-state index >= 15 is 0 Å². The number of nitrogens with zero attached hydrogens (tertiary/aromatic N) is 1. The normalized spacial score (nSPS) is 26.7. The molecule has 3 heteroatoms. The molecule has 1 heterocycles. The van der Waals surface area contributed by atoms with Gasteiger partial charge in [0.2, 0.25) is 0 Å². The third-order valence-electron chi connectivity index (χ3n) is 4.65. The monoisotopic (exact) mass is 284 g/mol. The van der Waals surface area contributed by atoms with Crippen molar-refractivity contribution in [3.05, 3.63) is 0 Å². The Morgan fingerprint density at radius 1 is 1.25 bits per heavy atom. The average Bonchev–Trinajstić information content (AvgIpc) is 2.41. The lowest BCUT2D eigenvalue weighted by molar-refractivity contribution is 0.0172. The Kier molecular flexibility index (Phi) is 7.49. The third-order valence-corrected chi connectivity index (χ3v) is 4.65. The number of ether oxygens (including phenoxy) is 1. The molecule has 1 saturated heterocycles. The second kappa shape index (κ2) is 8.35. The van der Waals surface area contributed by atoms with Crippen LogP contribution in [0.3, 0.4) is 0 Å². The Balaban J connectivity index is 2.58. The molecular formula is C17H36N2O. The molecule has 0 aromatic heterocycles. The Labute approximate surface area is 126 Å². The summed E-state index contributed by atoms with van der Waals surface area (Å²) in [6.45, 7) is 19.0. The lowest BCUT2D eigenvalue weighted by Gasteiger charge is -2.47. The van der Waals surface area contributed by atoms with Gasteiger partial charge in [0.25, 0.3) is 0 Å². The Bertz CT molecular complexity index is 262. The SMILES string of the molecule is CCCOCCN1CC(C(C)CC)NCC1C(C)(C)C. The number of hydrogen-bond donors (Lipinski definition) is 1. The van der Waals surface area contributed by atoms with Gasteiger partial charge in [-0.25, -0.2) is 0 Å². The van der Waals surface area contributed by atoms with Crippen LogP contribution in [-0.4, -0.2) is 49.8 Å². The van der Waals surface area contributed by atoms with Gasteiger partial charge in [-0.15, -0.1) is 0 Å². The Morgan fingerprint density at radius 3 is 2.50 bits per heavy atom. The summed E-state index contributed by atoms with van der Waals surface area (Å²) < 4.78 is 5.71. The molecule has 120 valence electrons. The molecular weight excluding hydrogens is 248 g/mol. The molecule has 3 nitrogen and oxygen atoms in total. The second-order valence-corrected chi connectivity index (χ2v) is 7.39. The van der Waals surface area contributed by atoms with E-state index in [1.165, 1.54) is 6.42 Å². The number of nitrogens with one attached hydrogen (secondary N) is 1. The number of piperazine rings is 1. The maximum atomic E-state index is 5.71. The van der Waals surface area contributed by atoms with Gasteiger partial charge < -0.3 is 10.1 Å². The highest BCUT2D eigenvalue weighted by Crippen LogP contribution is 2.27. The van der Waals surface area contributed by atoms with Gasteiger partial charge in [0.1, 0.15) is 0 Å². The predicted octanol–water partition coefficient (Wildman–Crippen LogP) is 3.15. The van der Waals surface area contributed by atoms with Crippen LogP contribution < -0.4 is 5.32 Å². The molecule has 0 saturated carbocycles. The zero-order valence-electron chi connectivity index (χ0n) is 14.5. The molecule has 0 aromatic rings. The predicted molar refractivity (Wildman–Crippen MR) is 87.2 cm³/mol. The van der Waals surface area contributed by atoms with E-state index in [0.717, 1.165) is 45.2 Å². The smallest absolute Gasteiger partial charge is 0.0593 e. The highest BCUT2D eigenvalue weighted by atomic mass is 16.5. The van der Waals surface area contributed by atoms with E-state index in [9.17, 15) is 0 Å². The van der Waals surface area contributed by atoms with Crippen molar-refractivity contribution < 1.29 is 4.74 Å². The van der Waals surface area contributed by atoms with Gasteiger partial charge in [0.15, 0.2) is 0 Å². The molecule has 0 amide bonds. The molecule has 3 unspecified atom stereocenters. The first-order chi connectivity index (χ1) is 9.40. The first kappa shape index (κ1) is 17.9. The largest absolute Gasteiger partial charge is 0.380 e. The quantitative estimate of drug-likeness (QED) is 0.727. The van der Waals surface area contributed by atoms with Crippen LogP contribution in [-0.2, 0) is 4.74 Å². The highest BCUT2D eigenvalue weighted by molar-refractivity contribution is 4.93. The van der Waals surface area contributed by atoms with Gasteiger partial charge in [-0.1, -0.05) is 48.0 Å². The fraction of sp³-hybridized carbons (Fsp3) is 1.00. The Hall–Kier alpha value is -0.120. The summed E-state index contributed by atoms with van der Waals surface area (Å²) in [5.74, 6) is 0.745. The molecule has 20 heavy (non-hydrogen) atoms. The van der Waals surface area contributed by atoms with Gasteiger partial charge in [0.05, 0.1) is 6.61 Å². The lowest BCUT2D eigenvalue weighted by Crippen LogP contribution is -2.62. The van der Waals surface area contributed by atoms with Gasteiger partial charge in [-0.2, -0.15) is 0 Å². The standard InChI is InChI=1S/C17H36N2O/c1-7-10-20-11-9-19-13-15(14(3)8-2)18-12-16(19)17(4,5)6/h14-16,18H,7-13H2,1-6H3. The van der Waals surface area contributed by atoms with E-state index in [1.807, 2.05) is 0 Å². The summed E-state index contributed by atoms with van der Waals surface area (Å²) in [5.41, 5.74) is 0.318. The first-order valence-corrected chi connectivity index (χ1v) is 8.45. The van der Waals surface area contributed by atoms with Crippen molar-refractivity contribution in [1.82, 2.24) is 10.2 Å². The molecule has 0 spiro atoms. The maximum Gasteiger partial charge on any atom is 0.0593 e. The molecule has 3 atom stereocenters. The van der Waals surface area contributed by atoms with E-state index in [2.05, 4.69) is 51.8 Å². The molecule has 1 N–H and O–H groups in total. The van der Waals surface area contributed by atoms with E-state index < -0.39 is 0 Å². The molecule has 0 aromatic carbocycles. The summed E-state index contributed by atoms with van der Waals surface area (Å²) in [6.07, 6.45) is 2.36. The summed E-state index contributed by atoms with van der Waals surface area (Å²) in [4.78, 5) is 2.66. The van der Waals surface area contributed by atoms with Crippen LogP contribution in [0.15, 0.2) is 0 Å². The number of hydrogen-bond acceptors (Lipinski definition) is 3. The van der Waals surface area contributed by atoms with Crippen molar-refractivity contribution in [2.45, 2.75) is 66.5 Å². The zero-order chi connectivity index (χ0) is 15.2. The van der Waals surface area contributed by atoms with Crippen molar-refractivity contribution in [2.24, 2.45) is 11.3 Å². The van der Waals surface area contributed by atoms with Crippen LogP contribution >= 0.6 is 0 Å². The van der Waals surface area contributed by atoms with Gasteiger partial charge in [-0.3, -0.25) is 4.90 Å². The van der Waals surface area contributed by atoms with E-state index in [1.54, 1.807) is 0 Å². The van der Waals surface area contributed by atoms with Gasteiger partial charge >= 0.3 is 0 Å². The van der Waals surface area contributed by atoms with E-state index in [-0.39, 0.29) is 0 Å². The molecule has 1 rings (SSSR count). The summed E-state index contributed by atoms with van der Waals surface area (Å²) in [7, 11) is 0. The van der Waals surface area contributed by atoms with Crippen molar-refractivity contribution in [3.8, 4) is 0 Å². The van der Waals surface area contributed by atoms with Crippen LogP contribution in [0, 0.1) is 11.3 Å². The minimum Gasteiger partial charge on any atom is -0.380 e. The molecule has 0 aliphatic carbocycles. The third kappa shape index (κ3) is 5.34. The van der Waals surface area contributed by atoms with Crippen LogP contribution in [0.25, 0.3) is 0 Å².